The summed E-state index contributed by atoms with van der Waals surface area (Å²) in [7, 11) is 3.40. The van der Waals surface area contributed by atoms with Gasteiger partial charge in [-0.3, -0.25) is 19.3 Å². The molecule has 3 heterocycles. The quantitative estimate of drug-likeness (QED) is 0.486. The second-order valence-electron chi connectivity index (χ2n) is 10.1. The number of rotatable bonds is 12. The lowest BCUT2D eigenvalue weighted by Crippen LogP contribution is -2.41. The van der Waals surface area contributed by atoms with Gasteiger partial charge in [0.15, 0.2) is 5.69 Å². The zero-order valence-electron chi connectivity index (χ0n) is 22.5. The Bertz CT molecular complexity index is 990. The number of fused-ring (bicyclic) bond motifs is 1. The molecule has 2 aromatic rings. The highest BCUT2D eigenvalue weighted by Gasteiger charge is 2.31. The van der Waals surface area contributed by atoms with Crippen molar-refractivity contribution in [3.8, 4) is 5.75 Å². The van der Waals surface area contributed by atoms with E-state index in [0.717, 1.165) is 63.2 Å². The summed E-state index contributed by atoms with van der Waals surface area (Å²) >= 11 is 0. The van der Waals surface area contributed by atoms with Crippen LogP contribution in [0.5, 0.6) is 5.75 Å². The number of aromatic nitrogens is 2. The lowest BCUT2D eigenvalue weighted by atomic mass is 10.00. The smallest absolute Gasteiger partial charge is 0.272 e. The fourth-order valence-electron chi connectivity index (χ4n) is 5.62. The average molecular weight is 498 g/mol. The molecular weight excluding hydrogens is 454 g/mol. The number of benzene rings is 1. The molecule has 0 saturated carbocycles. The zero-order valence-corrected chi connectivity index (χ0v) is 22.5. The van der Waals surface area contributed by atoms with Crippen molar-refractivity contribution in [1.29, 1.82) is 0 Å². The van der Waals surface area contributed by atoms with Crippen molar-refractivity contribution in [1.82, 2.24) is 24.9 Å². The standard InChI is InChI=1S/C28H43N5O3/c1-5-31-15-6-7-23(31)19-29-28(34)27-25-20-32(16-14-26(25)33(30-27)17-18-35-3)21(2)8-9-22-10-12-24(36-4)13-11-22/h10-13,21,23H,5-9,14-20H2,1-4H3,(H,29,34)/t21-,23-/m0/s1. The van der Waals surface area contributed by atoms with E-state index >= 15 is 0 Å². The number of nitrogens with zero attached hydrogens (tertiary/aromatic N) is 4. The molecule has 2 aliphatic rings. The van der Waals surface area contributed by atoms with Crippen LogP contribution in [0.2, 0.25) is 0 Å². The summed E-state index contributed by atoms with van der Waals surface area (Å²) in [5, 5.41) is 8.00. The minimum Gasteiger partial charge on any atom is -0.497 e. The first kappa shape index (κ1) is 26.6. The topological polar surface area (TPSA) is 71.9 Å². The number of methoxy groups -OCH3 is 2. The molecule has 0 unspecified atom stereocenters. The second-order valence-corrected chi connectivity index (χ2v) is 10.1. The molecule has 36 heavy (non-hydrogen) atoms. The minimum absolute atomic E-state index is 0.0434. The molecule has 8 heteroatoms. The van der Waals surface area contributed by atoms with E-state index in [1.165, 1.54) is 17.7 Å². The van der Waals surface area contributed by atoms with Crippen LogP contribution in [0.25, 0.3) is 0 Å². The molecule has 0 spiro atoms. The number of ether oxygens (including phenoxy) is 2. The molecule has 2 aliphatic heterocycles. The van der Waals surface area contributed by atoms with Gasteiger partial charge in [0, 0.05) is 56.5 Å². The van der Waals surface area contributed by atoms with Crippen LogP contribution < -0.4 is 10.1 Å². The maximum Gasteiger partial charge on any atom is 0.272 e. The summed E-state index contributed by atoms with van der Waals surface area (Å²) in [6, 6.07) is 9.18. The predicted molar refractivity (Wildman–Crippen MR) is 142 cm³/mol. The molecule has 0 radical (unpaired) electrons. The maximum absolute atomic E-state index is 13.3. The summed E-state index contributed by atoms with van der Waals surface area (Å²) in [6.45, 7) is 10.3. The van der Waals surface area contributed by atoms with Gasteiger partial charge in [0.05, 0.1) is 20.3 Å². The van der Waals surface area contributed by atoms with E-state index in [-0.39, 0.29) is 5.91 Å². The van der Waals surface area contributed by atoms with E-state index in [1.54, 1.807) is 14.2 Å². The molecule has 8 nitrogen and oxygen atoms in total. The molecule has 2 atom stereocenters. The molecule has 1 saturated heterocycles. The van der Waals surface area contributed by atoms with E-state index < -0.39 is 0 Å². The van der Waals surface area contributed by atoms with Gasteiger partial charge in [-0.25, -0.2) is 0 Å². The molecular formula is C28H43N5O3. The second kappa shape index (κ2) is 12.7. The summed E-state index contributed by atoms with van der Waals surface area (Å²) in [5.74, 6) is 0.847. The fourth-order valence-corrected chi connectivity index (χ4v) is 5.62. The van der Waals surface area contributed by atoms with E-state index in [1.807, 2.05) is 16.8 Å². The van der Waals surface area contributed by atoms with Crippen LogP contribution in [0.1, 0.15) is 60.4 Å². The van der Waals surface area contributed by atoms with Gasteiger partial charge < -0.3 is 14.8 Å². The van der Waals surface area contributed by atoms with E-state index in [0.29, 0.717) is 37.5 Å². The molecule has 1 amide bonds. The van der Waals surface area contributed by atoms with Gasteiger partial charge in [0.2, 0.25) is 0 Å². The highest BCUT2D eigenvalue weighted by molar-refractivity contribution is 5.94. The first-order valence-corrected chi connectivity index (χ1v) is 13.5. The van der Waals surface area contributed by atoms with Crippen LogP contribution >= 0.6 is 0 Å². The fraction of sp³-hybridized carbons (Fsp3) is 0.643. The Labute approximate surface area is 215 Å². The molecule has 0 bridgehead atoms. The first-order valence-electron chi connectivity index (χ1n) is 13.5. The molecule has 4 rings (SSSR count). The minimum atomic E-state index is -0.0434. The Morgan fingerprint density at radius 3 is 2.75 bits per heavy atom. The molecule has 1 aromatic heterocycles. The number of likely N-dealkylation sites (N-methyl/N-ethyl adjacent to an activating group) is 1. The van der Waals surface area contributed by atoms with Crippen LogP contribution in [-0.4, -0.2) is 84.6 Å². The van der Waals surface area contributed by atoms with Crippen molar-refractivity contribution in [3.05, 3.63) is 46.8 Å². The van der Waals surface area contributed by atoms with Gasteiger partial charge in [-0.15, -0.1) is 0 Å². The Kier molecular flexibility index (Phi) is 9.40. The SMILES string of the molecule is CCN1CCC[C@H]1CNC(=O)c1nn(CCOC)c2c1CN([C@@H](C)CCc1ccc(OC)cc1)CC2. The molecule has 1 N–H and O–H groups in total. The van der Waals surface area contributed by atoms with Crippen LogP contribution in [0.3, 0.4) is 0 Å². The van der Waals surface area contributed by atoms with Gasteiger partial charge in [-0.1, -0.05) is 19.1 Å². The lowest BCUT2D eigenvalue weighted by molar-refractivity contribution is 0.0931. The Morgan fingerprint density at radius 1 is 1.22 bits per heavy atom. The Balaban J connectivity index is 1.42. The summed E-state index contributed by atoms with van der Waals surface area (Å²) < 4.78 is 12.6. The third-order valence-corrected chi connectivity index (χ3v) is 7.92. The monoisotopic (exact) mass is 497 g/mol. The molecule has 1 fully saturated rings. The van der Waals surface area contributed by atoms with Crippen LogP contribution in [0, 0.1) is 0 Å². The highest BCUT2D eigenvalue weighted by Crippen LogP contribution is 2.26. The molecule has 1 aromatic carbocycles. The van der Waals surface area contributed by atoms with Crippen LogP contribution in [0.4, 0.5) is 0 Å². The largest absolute Gasteiger partial charge is 0.497 e. The third-order valence-electron chi connectivity index (χ3n) is 7.92. The van der Waals surface area contributed by atoms with E-state index in [2.05, 4.69) is 41.1 Å². The van der Waals surface area contributed by atoms with E-state index in [9.17, 15) is 4.79 Å². The predicted octanol–water partition coefficient (Wildman–Crippen LogP) is 3.13. The number of hydrogen-bond donors (Lipinski definition) is 1. The summed E-state index contributed by atoms with van der Waals surface area (Å²) in [5.41, 5.74) is 4.19. The number of nitrogens with one attached hydrogen (secondary N) is 1. The van der Waals surface area contributed by atoms with E-state index in [4.69, 9.17) is 14.6 Å². The van der Waals surface area contributed by atoms with Crippen molar-refractivity contribution in [2.24, 2.45) is 0 Å². The van der Waals surface area contributed by atoms with Crippen molar-refractivity contribution >= 4 is 5.91 Å². The number of carbonyl (C=O) groups is 1. The maximum atomic E-state index is 13.3. The van der Waals surface area contributed by atoms with Crippen LogP contribution in [0.15, 0.2) is 24.3 Å². The van der Waals surface area contributed by atoms with Gasteiger partial charge >= 0.3 is 0 Å². The normalized spacial score (nSPS) is 19.3. The van der Waals surface area contributed by atoms with Crippen molar-refractivity contribution in [2.75, 3.05) is 47.0 Å². The Morgan fingerprint density at radius 2 is 2.03 bits per heavy atom. The van der Waals surface area contributed by atoms with Gasteiger partial charge in [-0.2, -0.15) is 5.10 Å². The number of hydrogen-bond acceptors (Lipinski definition) is 6. The number of carbonyl (C=O) groups excluding carboxylic acids is 1. The van der Waals surface area contributed by atoms with Gasteiger partial charge in [-0.05, 0) is 63.4 Å². The number of likely N-dealkylation sites (tertiary alicyclic amines) is 1. The Hall–Kier alpha value is -2.42. The zero-order chi connectivity index (χ0) is 25.5. The lowest BCUT2D eigenvalue weighted by Gasteiger charge is -2.33. The number of amides is 1. The van der Waals surface area contributed by atoms with Crippen LogP contribution in [-0.2, 0) is 30.7 Å². The summed E-state index contributed by atoms with van der Waals surface area (Å²) in [6.07, 6.45) is 5.34. The van der Waals surface area contributed by atoms with Crippen molar-refractivity contribution < 1.29 is 14.3 Å². The van der Waals surface area contributed by atoms with Crippen molar-refractivity contribution in [2.45, 2.75) is 71.1 Å². The van der Waals surface area contributed by atoms with Gasteiger partial charge in [0.25, 0.3) is 5.91 Å². The highest BCUT2D eigenvalue weighted by atomic mass is 16.5. The van der Waals surface area contributed by atoms with Crippen molar-refractivity contribution in [3.63, 3.8) is 0 Å². The average Bonchev–Trinajstić information content (AvgIpc) is 3.53. The summed E-state index contributed by atoms with van der Waals surface area (Å²) in [4.78, 5) is 18.3. The first-order chi connectivity index (χ1) is 17.5. The molecule has 0 aliphatic carbocycles. The third kappa shape index (κ3) is 6.28. The number of aryl methyl sites for hydroxylation is 1. The molecule has 198 valence electrons. The van der Waals surface area contributed by atoms with Gasteiger partial charge in [0.1, 0.15) is 5.75 Å².